The molecule has 0 spiro atoms. The Morgan fingerprint density at radius 1 is 1.17 bits per heavy atom. The second-order valence-corrected chi connectivity index (χ2v) is 4.19. The van der Waals surface area contributed by atoms with Crippen LogP contribution in [0, 0.1) is 0 Å². The fourth-order valence-corrected chi connectivity index (χ4v) is 1.54. The van der Waals surface area contributed by atoms with Crippen LogP contribution in [0.15, 0.2) is 30.3 Å². The molecule has 0 saturated carbocycles. The summed E-state index contributed by atoms with van der Waals surface area (Å²) in [4.78, 5) is 0. The first-order valence-corrected chi connectivity index (χ1v) is 6.26. The molecule has 1 aromatic carbocycles. The van der Waals surface area contributed by atoms with Gasteiger partial charge >= 0.3 is 0 Å². The Hall–Kier alpha value is -0.940. The van der Waals surface area contributed by atoms with Crippen LogP contribution in [0.3, 0.4) is 0 Å². The van der Waals surface area contributed by atoms with Gasteiger partial charge in [-0.15, -0.1) is 0 Å². The zero-order chi connectivity index (χ0) is 13.2. The maximum Gasteiger partial charge on any atom is 0.0820 e. The highest BCUT2D eigenvalue weighted by molar-refractivity contribution is 5.13. The molecule has 0 radical (unpaired) electrons. The number of hydrogen-bond acceptors (Lipinski definition) is 4. The summed E-state index contributed by atoms with van der Waals surface area (Å²) in [6.07, 6.45) is -0.562. The summed E-state index contributed by atoms with van der Waals surface area (Å²) in [6, 6.07) is 9.94. The number of hydrogen-bond donors (Lipinski definition) is 2. The van der Waals surface area contributed by atoms with E-state index in [9.17, 15) is 5.11 Å². The van der Waals surface area contributed by atoms with Crippen molar-refractivity contribution in [3.05, 3.63) is 35.9 Å². The van der Waals surface area contributed by atoms with Gasteiger partial charge < -0.3 is 19.7 Å². The van der Waals surface area contributed by atoms with Gasteiger partial charge in [-0.25, -0.2) is 0 Å². The van der Waals surface area contributed by atoms with Crippen molar-refractivity contribution >= 4 is 0 Å². The Morgan fingerprint density at radius 2 is 1.89 bits per heavy atom. The smallest absolute Gasteiger partial charge is 0.0820 e. The zero-order valence-corrected chi connectivity index (χ0v) is 10.8. The summed E-state index contributed by atoms with van der Waals surface area (Å²) in [6.45, 7) is 3.26. The maximum absolute atomic E-state index is 9.53. The number of aliphatic hydroxyl groups excluding tert-OH is 2. The van der Waals surface area contributed by atoms with Gasteiger partial charge in [-0.1, -0.05) is 30.3 Å². The highest BCUT2D eigenvalue weighted by atomic mass is 16.5. The van der Waals surface area contributed by atoms with Gasteiger partial charge in [0.1, 0.15) is 0 Å². The Balaban J connectivity index is 2.05. The lowest BCUT2D eigenvalue weighted by molar-refractivity contribution is -0.0548. The highest BCUT2D eigenvalue weighted by Crippen LogP contribution is 2.03. The fraction of sp³-hybridized carbons (Fsp3) is 0.571. The molecule has 0 aliphatic heterocycles. The summed E-state index contributed by atoms with van der Waals surface area (Å²) >= 11 is 0. The van der Waals surface area contributed by atoms with E-state index in [1.54, 1.807) is 6.92 Å². The van der Waals surface area contributed by atoms with Crippen molar-refractivity contribution in [1.29, 1.82) is 0 Å². The minimum atomic E-state index is -0.621. The quantitative estimate of drug-likeness (QED) is 0.653. The molecule has 2 unspecified atom stereocenters. The van der Waals surface area contributed by atoms with Crippen LogP contribution < -0.4 is 0 Å². The van der Waals surface area contributed by atoms with E-state index < -0.39 is 6.10 Å². The average molecular weight is 254 g/mol. The molecule has 0 heterocycles. The second kappa shape index (κ2) is 9.05. The molecule has 4 heteroatoms. The van der Waals surface area contributed by atoms with E-state index >= 15 is 0 Å². The van der Waals surface area contributed by atoms with Crippen molar-refractivity contribution < 1.29 is 19.7 Å². The predicted octanol–water partition coefficient (Wildman–Crippen LogP) is 1.35. The molecule has 2 N–H and O–H groups in total. The molecule has 0 amide bonds. The van der Waals surface area contributed by atoms with Crippen LogP contribution in [0.1, 0.15) is 18.9 Å². The summed E-state index contributed by atoms with van der Waals surface area (Å²) in [7, 11) is 0. The molecule has 18 heavy (non-hydrogen) atoms. The molecular weight excluding hydrogens is 232 g/mol. The number of benzene rings is 1. The predicted molar refractivity (Wildman–Crippen MR) is 69.2 cm³/mol. The van der Waals surface area contributed by atoms with Gasteiger partial charge in [0.25, 0.3) is 0 Å². The van der Waals surface area contributed by atoms with Gasteiger partial charge in [0.05, 0.1) is 32.0 Å². The minimum absolute atomic E-state index is 0.0284. The standard InChI is InChI=1S/C14H22O4/c1-12(14(16)7-8-15)18-10-9-17-11-13-5-3-2-4-6-13/h2-6,12,14-16H,7-11H2,1H3. The summed E-state index contributed by atoms with van der Waals surface area (Å²) in [5.74, 6) is 0. The van der Waals surface area contributed by atoms with Gasteiger partial charge in [-0.2, -0.15) is 0 Å². The Morgan fingerprint density at radius 3 is 2.56 bits per heavy atom. The van der Waals surface area contributed by atoms with Crippen molar-refractivity contribution in [3.63, 3.8) is 0 Å². The van der Waals surface area contributed by atoms with E-state index in [1.807, 2.05) is 30.3 Å². The van der Waals surface area contributed by atoms with Crippen LogP contribution in [-0.2, 0) is 16.1 Å². The van der Waals surface area contributed by atoms with Crippen LogP contribution in [0.5, 0.6) is 0 Å². The Kier molecular flexibility index (Phi) is 7.60. The van der Waals surface area contributed by atoms with Gasteiger partial charge in [0.15, 0.2) is 0 Å². The topological polar surface area (TPSA) is 58.9 Å². The van der Waals surface area contributed by atoms with Crippen molar-refractivity contribution in [3.8, 4) is 0 Å². The molecule has 0 bridgehead atoms. The van der Waals surface area contributed by atoms with Crippen molar-refractivity contribution in [2.75, 3.05) is 19.8 Å². The van der Waals surface area contributed by atoms with Crippen LogP contribution in [0.4, 0.5) is 0 Å². The third-order valence-electron chi connectivity index (χ3n) is 2.69. The van der Waals surface area contributed by atoms with Gasteiger partial charge in [0, 0.05) is 6.61 Å². The zero-order valence-electron chi connectivity index (χ0n) is 10.8. The molecule has 102 valence electrons. The maximum atomic E-state index is 9.53. The third kappa shape index (κ3) is 6.12. The normalized spacial score (nSPS) is 14.4. The lowest BCUT2D eigenvalue weighted by Crippen LogP contribution is -2.28. The van der Waals surface area contributed by atoms with Crippen molar-refractivity contribution in [1.82, 2.24) is 0 Å². The summed E-state index contributed by atoms with van der Waals surface area (Å²) in [5.41, 5.74) is 1.13. The van der Waals surface area contributed by atoms with E-state index in [2.05, 4.69) is 0 Å². The molecule has 0 aliphatic rings. The lowest BCUT2D eigenvalue weighted by Gasteiger charge is -2.18. The molecular formula is C14H22O4. The SMILES string of the molecule is CC(OCCOCc1ccccc1)C(O)CCO. The first-order valence-electron chi connectivity index (χ1n) is 6.26. The minimum Gasteiger partial charge on any atom is -0.396 e. The van der Waals surface area contributed by atoms with Crippen molar-refractivity contribution in [2.24, 2.45) is 0 Å². The molecule has 1 rings (SSSR count). The molecule has 2 atom stereocenters. The van der Waals surface area contributed by atoms with E-state index in [4.69, 9.17) is 14.6 Å². The third-order valence-corrected chi connectivity index (χ3v) is 2.69. The Bertz CT molecular complexity index is 302. The summed E-state index contributed by atoms with van der Waals surface area (Å²) in [5, 5.41) is 18.2. The largest absolute Gasteiger partial charge is 0.396 e. The molecule has 0 aliphatic carbocycles. The first-order chi connectivity index (χ1) is 8.74. The van der Waals surface area contributed by atoms with E-state index in [0.29, 0.717) is 26.2 Å². The number of aliphatic hydroxyl groups is 2. The molecule has 4 nitrogen and oxygen atoms in total. The van der Waals surface area contributed by atoms with Gasteiger partial charge in [0.2, 0.25) is 0 Å². The van der Waals surface area contributed by atoms with Crippen LogP contribution in [0.25, 0.3) is 0 Å². The highest BCUT2D eigenvalue weighted by Gasteiger charge is 2.13. The van der Waals surface area contributed by atoms with Crippen molar-refractivity contribution in [2.45, 2.75) is 32.2 Å². The summed E-state index contributed by atoms with van der Waals surface area (Å²) < 4.78 is 10.9. The van der Waals surface area contributed by atoms with Gasteiger partial charge in [-0.3, -0.25) is 0 Å². The van der Waals surface area contributed by atoms with Crippen LogP contribution >= 0.6 is 0 Å². The average Bonchev–Trinajstić information content (AvgIpc) is 2.39. The van der Waals surface area contributed by atoms with Gasteiger partial charge in [-0.05, 0) is 18.9 Å². The number of ether oxygens (including phenoxy) is 2. The first kappa shape index (κ1) is 15.1. The van der Waals surface area contributed by atoms with Crippen LogP contribution in [0.2, 0.25) is 0 Å². The molecule has 1 aromatic rings. The molecule has 0 saturated heterocycles. The monoisotopic (exact) mass is 254 g/mol. The van der Waals surface area contributed by atoms with Crippen LogP contribution in [-0.4, -0.2) is 42.2 Å². The molecule has 0 aromatic heterocycles. The fourth-order valence-electron chi connectivity index (χ4n) is 1.54. The number of rotatable bonds is 9. The van der Waals surface area contributed by atoms with E-state index in [-0.39, 0.29) is 12.7 Å². The lowest BCUT2D eigenvalue weighted by atomic mass is 10.2. The van der Waals surface area contributed by atoms with E-state index in [0.717, 1.165) is 5.56 Å². The Labute approximate surface area is 108 Å². The van der Waals surface area contributed by atoms with E-state index in [1.165, 1.54) is 0 Å². The second-order valence-electron chi connectivity index (χ2n) is 4.19. The molecule has 0 fully saturated rings.